The molecule has 0 fully saturated rings. The van der Waals surface area contributed by atoms with E-state index in [1.807, 2.05) is 12.1 Å². The number of fused-ring (bicyclic) bond motifs is 1. The van der Waals surface area contributed by atoms with Crippen molar-refractivity contribution in [2.75, 3.05) is 0 Å². The Balaban J connectivity index is 1.70. The zero-order valence-corrected chi connectivity index (χ0v) is 15.4. The summed E-state index contributed by atoms with van der Waals surface area (Å²) >= 11 is 0. The molecule has 2 aromatic carbocycles. The molecule has 1 atom stereocenters. The number of rotatable bonds is 6. The first-order valence-corrected chi connectivity index (χ1v) is 9.51. The van der Waals surface area contributed by atoms with Crippen LogP contribution in [0.3, 0.4) is 0 Å². The first-order chi connectivity index (χ1) is 12.9. The van der Waals surface area contributed by atoms with Crippen molar-refractivity contribution in [1.82, 2.24) is 0 Å². The van der Waals surface area contributed by atoms with E-state index in [-0.39, 0.29) is 17.5 Å². The molecule has 0 spiro atoms. The molecule has 0 bridgehead atoms. The molecule has 0 aromatic heterocycles. The van der Waals surface area contributed by atoms with Crippen molar-refractivity contribution in [3.63, 3.8) is 0 Å². The van der Waals surface area contributed by atoms with Gasteiger partial charge in [-0.05, 0) is 78.5 Å². The molecule has 0 saturated carbocycles. The van der Waals surface area contributed by atoms with Gasteiger partial charge < -0.3 is 4.74 Å². The number of aryl methyl sites for hydroxylation is 2. The maximum Gasteiger partial charge on any atom is 0.573 e. The number of benzene rings is 2. The van der Waals surface area contributed by atoms with Gasteiger partial charge >= 0.3 is 6.36 Å². The molecule has 146 valence electrons. The molecule has 3 rings (SSSR count). The molecular formula is C22H24F4O. The van der Waals surface area contributed by atoms with Gasteiger partial charge in [0, 0.05) is 0 Å². The van der Waals surface area contributed by atoms with Crippen molar-refractivity contribution in [1.29, 1.82) is 0 Å². The summed E-state index contributed by atoms with van der Waals surface area (Å²) < 4.78 is 55.7. The van der Waals surface area contributed by atoms with Crippen molar-refractivity contribution in [2.45, 2.75) is 64.1 Å². The van der Waals surface area contributed by atoms with E-state index >= 15 is 0 Å². The quantitative estimate of drug-likeness (QED) is 0.399. The highest BCUT2D eigenvalue weighted by atomic mass is 19.4. The molecule has 1 unspecified atom stereocenters. The smallest absolute Gasteiger partial charge is 0.406 e. The molecule has 0 heterocycles. The average Bonchev–Trinajstić information content (AvgIpc) is 2.60. The molecule has 0 amide bonds. The lowest BCUT2D eigenvalue weighted by Crippen LogP contribution is -2.18. The van der Waals surface area contributed by atoms with Crippen LogP contribution in [0.4, 0.5) is 17.6 Å². The third-order valence-corrected chi connectivity index (χ3v) is 5.21. The van der Waals surface area contributed by atoms with Crippen LogP contribution in [0.2, 0.25) is 0 Å². The van der Waals surface area contributed by atoms with Gasteiger partial charge in [-0.3, -0.25) is 0 Å². The maximum atomic E-state index is 14.6. The molecule has 5 heteroatoms. The second-order valence-corrected chi connectivity index (χ2v) is 7.23. The van der Waals surface area contributed by atoms with E-state index in [1.54, 1.807) is 12.1 Å². The van der Waals surface area contributed by atoms with Crippen LogP contribution >= 0.6 is 0 Å². The first-order valence-electron chi connectivity index (χ1n) is 9.51. The van der Waals surface area contributed by atoms with Crippen molar-refractivity contribution >= 4 is 0 Å². The predicted octanol–water partition coefficient (Wildman–Crippen LogP) is 6.73. The second kappa shape index (κ2) is 8.32. The Hall–Kier alpha value is -2.04. The highest BCUT2D eigenvalue weighted by Crippen LogP contribution is 2.36. The first kappa shape index (κ1) is 19.7. The van der Waals surface area contributed by atoms with Gasteiger partial charge in [-0.1, -0.05) is 38.0 Å². The Morgan fingerprint density at radius 1 is 1.04 bits per heavy atom. The molecule has 2 aromatic rings. The molecule has 0 N–H and O–H groups in total. The van der Waals surface area contributed by atoms with Gasteiger partial charge in [0.1, 0.15) is 11.6 Å². The molecular weight excluding hydrogens is 356 g/mol. The number of hydrogen-bond acceptors (Lipinski definition) is 1. The van der Waals surface area contributed by atoms with E-state index in [0.29, 0.717) is 24.8 Å². The third kappa shape index (κ3) is 5.24. The maximum absolute atomic E-state index is 14.6. The van der Waals surface area contributed by atoms with Crippen molar-refractivity contribution in [2.24, 2.45) is 0 Å². The molecule has 0 aliphatic heterocycles. The Labute approximate surface area is 157 Å². The van der Waals surface area contributed by atoms with Crippen LogP contribution in [0.25, 0.3) is 0 Å². The lowest BCUT2D eigenvalue weighted by atomic mass is 9.79. The Morgan fingerprint density at radius 2 is 1.85 bits per heavy atom. The second-order valence-electron chi connectivity index (χ2n) is 7.23. The fraction of sp³-hybridized carbons (Fsp3) is 0.455. The summed E-state index contributed by atoms with van der Waals surface area (Å²) in [5.74, 6) is -0.312. The average molecular weight is 380 g/mol. The van der Waals surface area contributed by atoms with Gasteiger partial charge in [-0.15, -0.1) is 13.2 Å². The summed E-state index contributed by atoms with van der Waals surface area (Å²) in [5, 5.41) is 0. The van der Waals surface area contributed by atoms with Crippen LogP contribution in [0.15, 0.2) is 36.4 Å². The predicted molar refractivity (Wildman–Crippen MR) is 97.5 cm³/mol. The molecule has 1 nitrogen and oxygen atoms in total. The van der Waals surface area contributed by atoms with Gasteiger partial charge in [0.15, 0.2) is 0 Å². The monoisotopic (exact) mass is 380 g/mol. The number of halogens is 4. The van der Waals surface area contributed by atoms with E-state index in [1.165, 1.54) is 12.1 Å². The lowest BCUT2D eigenvalue weighted by Gasteiger charge is -2.26. The van der Waals surface area contributed by atoms with E-state index in [2.05, 4.69) is 11.7 Å². The summed E-state index contributed by atoms with van der Waals surface area (Å²) in [4.78, 5) is 0. The fourth-order valence-electron chi connectivity index (χ4n) is 3.83. The number of ether oxygens (including phenoxy) is 1. The van der Waals surface area contributed by atoms with Crippen LogP contribution in [0.1, 0.15) is 60.8 Å². The van der Waals surface area contributed by atoms with Crippen LogP contribution in [0.5, 0.6) is 5.75 Å². The number of alkyl halides is 3. The summed E-state index contributed by atoms with van der Waals surface area (Å²) in [7, 11) is 0. The molecule has 1 aliphatic carbocycles. The van der Waals surface area contributed by atoms with Crippen molar-refractivity contribution < 1.29 is 22.3 Å². The van der Waals surface area contributed by atoms with Crippen molar-refractivity contribution in [3.05, 3.63) is 64.5 Å². The van der Waals surface area contributed by atoms with Gasteiger partial charge in [0.25, 0.3) is 0 Å². The van der Waals surface area contributed by atoms with Crippen LogP contribution in [-0.2, 0) is 19.3 Å². The summed E-state index contributed by atoms with van der Waals surface area (Å²) in [6.07, 6.45) is 1.51. The van der Waals surface area contributed by atoms with Gasteiger partial charge in [0.05, 0.1) is 0 Å². The fourth-order valence-corrected chi connectivity index (χ4v) is 3.83. The van der Waals surface area contributed by atoms with Crippen LogP contribution < -0.4 is 4.74 Å². The van der Waals surface area contributed by atoms with E-state index in [4.69, 9.17) is 0 Å². The minimum atomic E-state index is -4.69. The summed E-state index contributed by atoms with van der Waals surface area (Å²) in [6.45, 7) is 2.14. The molecule has 0 radical (unpaired) electrons. The van der Waals surface area contributed by atoms with Gasteiger partial charge in [-0.2, -0.15) is 0 Å². The summed E-state index contributed by atoms with van der Waals surface area (Å²) in [6, 6.07) is 9.98. The normalized spacial score (nSPS) is 16.9. The number of unbranched alkanes of at least 4 members (excludes halogenated alkanes) is 2. The van der Waals surface area contributed by atoms with E-state index in [0.717, 1.165) is 42.4 Å². The molecule has 0 saturated heterocycles. The molecule has 1 aliphatic rings. The zero-order chi connectivity index (χ0) is 19.4. The summed E-state index contributed by atoms with van der Waals surface area (Å²) in [5.41, 5.74) is 3.54. The van der Waals surface area contributed by atoms with E-state index in [9.17, 15) is 17.6 Å². The zero-order valence-electron chi connectivity index (χ0n) is 15.4. The Morgan fingerprint density at radius 3 is 2.56 bits per heavy atom. The van der Waals surface area contributed by atoms with Gasteiger partial charge in [0.2, 0.25) is 0 Å². The Bertz CT molecular complexity index is 782. The van der Waals surface area contributed by atoms with Crippen molar-refractivity contribution in [3.8, 4) is 5.75 Å². The number of hydrogen-bond donors (Lipinski definition) is 0. The lowest BCUT2D eigenvalue weighted by molar-refractivity contribution is -0.274. The highest BCUT2D eigenvalue weighted by molar-refractivity contribution is 5.40. The Kier molecular flexibility index (Phi) is 6.08. The topological polar surface area (TPSA) is 9.23 Å². The van der Waals surface area contributed by atoms with Crippen LogP contribution in [0, 0.1) is 5.82 Å². The standard InChI is InChI=1S/C22H24F4O/c1-2-3-4-5-15-6-11-20(21(23)12-15)18-8-7-17-14-19(27-22(24,25)26)10-9-16(17)13-18/h6,9-12,14,18H,2-5,7-8,13H2,1H3. The molecule has 27 heavy (non-hydrogen) atoms. The third-order valence-electron chi connectivity index (χ3n) is 5.21. The minimum Gasteiger partial charge on any atom is -0.406 e. The van der Waals surface area contributed by atoms with Crippen LogP contribution in [-0.4, -0.2) is 6.36 Å². The van der Waals surface area contributed by atoms with Gasteiger partial charge in [-0.25, -0.2) is 4.39 Å². The highest BCUT2D eigenvalue weighted by Gasteiger charge is 2.31. The largest absolute Gasteiger partial charge is 0.573 e. The minimum absolute atomic E-state index is 0.0524. The van der Waals surface area contributed by atoms with E-state index < -0.39 is 6.36 Å². The SMILES string of the molecule is CCCCCc1ccc(C2CCc3cc(OC(F)(F)F)ccc3C2)c(F)c1.